The van der Waals surface area contributed by atoms with Gasteiger partial charge in [0.05, 0.1) is 12.2 Å². The first kappa shape index (κ1) is 34.2. The van der Waals surface area contributed by atoms with Gasteiger partial charge in [0.15, 0.2) is 0 Å². The average molecular weight is 526 g/mol. The van der Waals surface area contributed by atoms with Crippen LogP contribution < -0.4 is 5.73 Å². The number of aliphatic hydroxyl groups is 2. The fourth-order valence-corrected chi connectivity index (χ4v) is 4.02. The van der Waals surface area contributed by atoms with Crippen LogP contribution in [0.15, 0.2) is 36.0 Å². The van der Waals surface area contributed by atoms with E-state index in [1.54, 1.807) is 45.1 Å². The Labute approximate surface area is 218 Å². The fraction of sp³-hybridized carbons (Fsp3) is 0.630. The predicted octanol–water partition coefficient (Wildman–Crippen LogP) is 2.62. The van der Waals surface area contributed by atoms with Gasteiger partial charge in [0.1, 0.15) is 11.9 Å². The molecule has 0 rings (SSSR count). The van der Waals surface area contributed by atoms with Gasteiger partial charge in [0, 0.05) is 44.3 Å². The number of allylic oxidation sites excluding steroid dienone is 2. The lowest BCUT2D eigenvalue weighted by molar-refractivity contribution is -0.138. The first-order valence-electron chi connectivity index (χ1n) is 12.5. The Kier molecular flexibility index (Phi) is 17.0. The average Bonchev–Trinajstić information content (AvgIpc) is 2.80. The molecule has 0 heterocycles. The molecule has 0 unspecified atom stereocenters. The zero-order valence-electron chi connectivity index (χ0n) is 22.2. The third-order valence-electron chi connectivity index (χ3n) is 6.20. The van der Waals surface area contributed by atoms with Crippen molar-refractivity contribution < 1.29 is 44.3 Å². The smallest absolute Gasteiger partial charge is 0.327 e. The number of carboxylic acid groups (broad SMARTS) is 2. The molecule has 6 N–H and O–H groups in total. The van der Waals surface area contributed by atoms with Gasteiger partial charge in [-0.2, -0.15) is 0 Å². The normalized spacial score (nSPS) is 17.3. The van der Waals surface area contributed by atoms with Gasteiger partial charge >= 0.3 is 11.9 Å². The van der Waals surface area contributed by atoms with Gasteiger partial charge in [-0.3, -0.25) is 14.4 Å². The monoisotopic (exact) mass is 525 g/mol. The number of ketones is 1. The molecule has 0 spiro atoms. The Balaban J connectivity index is 4.92. The van der Waals surface area contributed by atoms with Crippen molar-refractivity contribution in [1.29, 1.82) is 0 Å². The maximum atomic E-state index is 12.6. The zero-order chi connectivity index (χ0) is 28.5. The molecule has 0 aromatic carbocycles. The second-order valence-corrected chi connectivity index (χ2v) is 9.43. The third kappa shape index (κ3) is 15.1. The minimum absolute atomic E-state index is 0.0554. The molecule has 1 amide bonds. The second-order valence-electron chi connectivity index (χ2n) is 9.43. The third-order valence-corrected chi connectivity index (χ3v) is 6.20. The summed E-state index contributed by atoms with van der Waals surface area (Å²) in [5.74, 6) is -4.34. The van der Waals surface area contributed by atoms with Crippen molar-refractivity contribution in [3.8, 4) is 0 Å². The van der Waals surface area contributed by atoms with Gasteiger partial charge in [-0.15, -0.1) is 0 Å². The summed E-state index contributed by atoms with van der Waals surface area (Å²) in [6.07, 6.45) is 6.98. The summed E-state index contributed by atoms with van der Waals surface area (Å²) < 4.78 is 5.36. The summed E-state index contributed by atoms with van der Waals surface area (Å²) in [6, 6.07) is 0. The molecule has 0 aliphatic carbocycles. The highest BCUT2D eigenvalue weighted by Crippen LogP contribution is 2.22. The van der Waals surface area contributed by atoms with E-state index in [0.29, 0.717) is 31.3 Å². The van der Waals surface area contributed by atoms with Crippen molar-refractivity contribution in [1.82, 2.24) is 0 Å². The molecular weight excluding hydrogens is 482 g/mol. The second kappa shape index (κ2) is 18.4. The van der Waals surface area contributed by atoms with E-state index in [0.717, 1.165) is 6.08 Å². The number of carboxylic acids is 2. The van der Waals surface area contributed by atoms with E-state index in [1.807, 2.05) is 0 Å². The quantitative estimate of drug-likeness (QED) is 0.0905. The number of aliphatic carboxylic acids is 2. The first-order chi connectivity index (χ1) is 17.3. The lowest BCUT2D eigenvalue weighted by atomic mass is 9.87. The molecule has 0 radical (unpaired) electrons. The molecule has 0 aliphatic rings. The van der Waals surface area contributed by atoms with E-state index in [9.17, 15) is 29.4 Å². The number of nitrogens with two attached hydrogens (primary N) is 1. The molecule has 6 atom stereocenters. The van der Waals surface area contributed by atoms with Crippen molar-refractivity contribution in [2.24, 2.45) is 23.5 Å². The van der Waals surface area contributed by atoms with Gasteiger partial charge in [-0.05, 0) is 44.1 Å². The molecule has 0 bridgehead atoms. The lowest BCUT2D eigenvalue weighted by Gasteiger charge is -2.25. The van der Waals surface area contributed by atoms with Gasteiger partial charge in [-0.25, -0.2) is 4.79 Å². The number of carbonyl (C=O) groups excluding carboxylic acids is 2. The Bertz CT molecular complexity index is 818. The number of carbonyl (C=O) groups is 4. The summed E-state index contributed by atoms with van der Waals surface area (Å²) in [7, 11) is 1.46. The Morgan fingerprint density at radius 3 is 2.16 bits per heavy atom. The largest absolute Gasteiger partial charge is 0.481 e. The summed E-state index contributed by atoms with van der Waals surface area (Å²) in [5.41, 5.74) is 5.70. The molecule has 0 aromatic rings. The number of aliphatic hydroxyl groups excluding tert-OH is 2. The van der Waals surface area contributed by atoms with Crippen LogP contribution in [0.3, 0.4) is 0 Å². The number of hydrogen-bond acceptors (Lipinski definition) is 7. The summed E-state index contributed by atoms with van der Waals surface area (Å²) >= 11 is 0. The molecular formula is C27H43NO9. The molecule has 10 nitrogen and oxygen atoms in total. The van der Waals surface area contributed by atoms with E-state index in [1.165, 1.54) is 7.11 Å². The van der Waals surface area contributed by atoms with Crippen LogP contribution in [0.4, 0.5) is 0 Å². The van der Waals surface area contributed by atoms with E-state index in [-0.39, 0.29) is 25.0 Å². The molecule has 0 fully saturated rings. The van der Waals surface area contributed by atoms with Crippen molar-refractivity contribution in [3.05, 3.63) is 36.0 Å². The SMILES string of the molecule is CO[C@H](/C=C/CC/C=C/C(=O)O)[C@@H](O)[C@@H](C)/C=C(\C)[C@@H](O)[C@@H](C)C(=O)CCC[C@@H](CC(N)=O)CC(=O)O. The van der Waals surface area contributed by atoms with E-state index >= 15 is 0 Å². The van der Waals surface area contributed by atoms with Crippen LogP contribution in [-0.4, -0.2) is 69.5 Å². The standard InChI is InChI=1S/C27H43NO9/c1-17(14-18(2)27(36)22(37-4)12-7-5-6-8-13-24(31)32)26(35)19(3)21(29)11-9-10-20(15-23(28)30)16-25(33)34/h7-8,12-14,18-20,22,26-27,35-36H,5-6,9-11,15-16H2,1-4H3,(H2,28,30)(H,31,32)(H,33,34)/b12-7+,13-8+,17-14+/t18-,19-,20-,22+,26+,27-/m0/s1. The van der Waals surface area contributed by atoms with E-state index in [4.69, 9.17) is 20.7 Å². The highest BCUT2D eigenvalue weighted by atomic mass is 16.5. The van der Waals surface area contributed by atoms with Crippen LogP contribution >= 0.6 is 0 Å². The molecule has 10 heteroatoms. The molecule has 210 valence electrons. The number of rotatable bonds is 20. The van der Waals surface area contributed by atoms with Crippen LogP contribution in [0.5, 0.6) is 0 Å². The van der Waals surface area contributed by atoms with Crippen LogP contribution in [0, 0.1) is 17.8 Å². The van der Waals surface area contributed by atoms with E-state index in [2.05, 4.69) is 0 Å². The molecule has 0 aromatic heterocycles. The minimum atomic E-state index is -1.06. The van der Waals surface area contributed by atoms with Crippen molar-refractivity contribution in [3.63, 3.8) is 0 Å². The van der Waals surface area contributed by atoms with Gasteiger partial charge < -0.3 is 30.9 Å². The van der Waals surface area contributed by atoms with Crippen LogP contribution in [0.2, 0.25) is 0 Å². The molecule has 0 aliphatic heterocycles. The number of methoxy groups -OCH3 is 1. The molecule has 0 saturated heterocycles. The number of Topliss-reactive ketones (excluding diaryl/α,β-unsaturated/α-hetero) is 1. The van der Waals surface area contributed by atoms with Gasteiger partial charge in [0.2, 0.25) is 5.91 Å². The van der Waals surface area contributed by atoms with Crippen LogP contribution in [-0.2, 0) is 23.9 Å². The number of amides is 1. The first-order valence-corrected chi connectivity index (χ1v) is 12.5. The zero-order valence-corrected chi connectivity index (χ0v) is 22.2. The summed E-state index contributed by atoms with van der Waals surface area (Å²) in [4.78, 5) is 45.2. The molecule has 37 heavy (non-hydrogen) atoms. The van der Waals surface area contributed by atoms with Crippen molar-refractivity contribution >= 4 is 23.6 Å². The van der Waals surface area contributed by atoms with E-state index < -0.39 is 53.9 Å². The maximum absolute atomic E-state index is 12.6. The summed E-state index contributed by atoms with van der Waals surface area (Å²) in [5, 5.41) is 38.9. The van der Waals surface area contributed by atoms with Crippen molar-refractivity contribution in [2.75, 3.05) is 7.11 Å². The number of primary amides is 1. The van der Waals surface area contributed by atoms with Gasteiger partial charge in [-0.1, -0.05) is 38.2 Å². The number of unbranched alkanes of at least 4 members (excludes halogenated alkanes) is 1. The topological polar surface area (TPSA) is 184 Å². The van der Waals surface area contributed by atoms with Crippen molar-refractivity contribution in [2.45, 2.75) is 84.0 Å². The fourth-order valence-electron chi connectivity index (χ4n) is 4.02. The molecule has 0 saturated carbocycles. The highest BCUT2D eigenvalue weighted by molar-refractivity contribution is 5.81. The highest BCUT2D eigenvalue weighted by Gasteiger charge is 2.26. The van der Waals surface area contributed by atoms with Crippen LogP contribution in [0.25, 0.3) is 0 Å². The number of ether oxygens (including phenoxy) is 1. The Hall–Kier alpha value is -2.82. The summed E-state index contributed by atoms with van der Waals surface area (Å²) in [6.45, 7) is 5.06. The maximum Gasteiger partial charge on any atom is 0.327 e. The Morgan fingerprint density at radius 2 is 1.62 bits per heavy atom. The van der Waals surface area contributed by atoms with Crippen LogP contribution in [0.1, 0.15) is 65.7 Å². The predicted molar refractivity (Wildman–Crippen MR) is 138 cm³/mol. The lowest BCUT2D eigenvalue weighted by Crippen LogP contribution is -2.32. The number of hydrogen-bond donors (Lipinski definition) is 5. The minimum Gasteiger partial charge on any atom is -0.481 e. The Morgan fingerprint density at radius 1 is 1.00 bits per heavy atom. The van der Waals surface area contributed by atoms with Gasteiger partial charge in [0.25, 0.3) is 0 Å².